The Kier molecular flexibility index (Phi) is 8.98. The van der Waals surface area contributed by atoms with Gasteiger partial charge in [0.05, 0.1) is 19.3 Å². The number of nitrogens with one attached hydrogen (secondary N) is 1. The Labute approximate surface area is 138 Å². The molecule has 0 spiro atoms. The molecular formula is C16H29N3O4. The lowest BCUT2D eigenvalue weighted by Crippen LogP contribution is -2.34. The molecule has 1 aromatic heterocycles. The summed E-state index contributed by atoms with van der Waals surface area (Å²) in [5, 5.41) is 6.74. The fourth-order valence-electron chi connectivity index (χ4n) is 1.69. The highest BCUT2D eigenvalue weighted by Crippen LogP contribution is 2.09. The second-order valence-electron chi connectivity index (χ2n) is 5.55. The second-order valence-corrected chi connectivity index (χ2v) is 5.55. The van der Waals surface area contributed by atoms with Crippen LogP contribution in [-0.4, -0.2) is 40.6 Å². The maximum atomic E-state index is 11.8. The summed E-state index contributed by atoms with van der Waals surface area (Å²) in [6.45, 7) is 13.9. The maximum absolute atomic E-state index is 11.8. The van der Waals surface area contributed by atoms with Crippen molar-refractivity contribution >= 4 is 12.1 Å². The third-order valence-corrected chi connectivity index (χ3v) is 2.48. The summed E-state index contributed by atoms with van der Waals surface area (Å²) in [6, 6.07) is 0. The Morgan fingerprint density at radius 3 is 2.43 bits per heavy atom. The Bertz CT molecular complexity index is 504. The van der Waals surface area contributed by atoms with Gasteiger partial charge >= 0.3 is 12.1 Å². The topological polar surface area (TPSA) is 82.5 Å². The number of alkyl carbamates (subject to hydrolysis) is 1. The van der Waals surface area contributed by atoms with E-state index in [0.29, 0.717) is 25.4 Å². The van der Waals surface area contributed by atoms with Crippen molar-refractivity contribution in [2.24, 2.45) is 0 Å². The van der Waals surface area contributed by atoms with Crippen LogP contribution in [0.25, 0.3) is 0 Å². The van der Waals surface area contributed by atoms with E-state index < -0.39 is 17.7 Å². The lowest BCUT2D eigenvalue weighted by Gasteiger charge is -2.19. The first-order valence-corrected chi connectivity index (χ1v) is 7.91. The molecule has 132 valence electrons. The molecule has 7 heteroatoms. The van der Waals surface area contributed by atoms with E-state index in [4.69, 9.17) is 9.47 Å². The number of aromatic nitrogens is 2. The van der Waals surface area contributed by atoms with Crippen molar-refractivity contribution in [1.82, 2.24) is 15.1 Å². The van der Waals surface area contributed by atoms with Crippen molar-refractivity contribution in [3.05, 3.63) is 17.5 Å². The molecule has 0 aliphatic heterocycles. The number of nitrogens with zero attached hydrogens (tertiary/aromatic N) is 2. The molecule has 0 fully saturated rings. The van der Waals surface area contributed by atoms with Gasteiger partial charge in [0.15, 0.2) is 0 Å². The van der Waals surface area contributed by atoms with E-state index >= 15 is 0 Å². The predicted molar refractivity (Wildman–Crippen MR) is 88.5 cm³/mol. The molecular weight excluding hydrogens is 298 g/mol. The number of ether oxygens (including phenoxy) is 2. The Morgan fingerprint density at radius 1 is 1.30 bits per heavy atom. The number of aryl methyl sites for hydroxylation is 1. The van der Waals surface area contributed by atoms with E-state index in [1.807, 2.05) is 13.8 Å². The Balaban J connectivity index is 0.00000232. The summed E-state index contributed by atoms with van der Waals surface area (Å²) < 4.78 is 11.6. The number of rotatable bonds is 5. The zero-order valence-electron chi connectivity index (χ0n) is 15.2. The van der Waals surface area contributed by atoms with Crippen LogP contribution in [0.4, 0.5) is 4.79 Å². The highest BCUT2D eigenvalue weighted by molar-refractivity contribution is 5.89. The molecule has 0 aliphatic carbocycles. The first-order valence-electron chi connectivity index (χ1n) is 7.91. The molecule has 1 heterocycles. The van der Waals surface area contributed by atoms with Crippen LogP contribution in [0, 0.1) is 6.92 Å². The molecule has 0 aliphatic rings. The number of carbonyl (C=O) groups is 2. The van der Waals surface area contributed by atoms with Crippen LogP contribution in [-0.2, 0) is 16.0 Å². The highest BCUT2D eigenvalue weighted by Gasteiger charge is 2.18. The van der Waals surface area contributed by atoms with Gasteiger partial charge < -0.3 is 14.8 Å². The minimum Gasteiger partial charge on any atom is -0.461 e. The van der Waals surface area contributed by atoms with Crippen molar-refractivity contribution in [3.8, 4) is 0 Å². The van der Waals surface area contributed by atoms with Gasteiger partial charge in [-0.2, -0.15) is 5.10 Å². The van der Waals surface area contributed by atoms with Crippen LogP contribution in [0.5, 0.6) is 0 Å². The van der Waals surface area contributed by atoms with Gasteiger partial charge in [0.1, 0.15) is 11.3 Å². The average molecular weight is 327 g/mol. The fraction of sp³-hybridized carbons (Fsp3) is 0.688. The molecule has 0 atom stereocenters. The lowest BCUT2D eigenvalue weighted by atomic mass is 10.2. The van der Waals surface area contributed by atoms with Gasteiger partial charge in [-0.3, -0.25) is 4.68 Å². The number of hydrogen-bond acceptors (Lipinski definition) is 5. The van der Waals surface area contributed by atoms with Gasteiger partial charge in [0.25, 0.3) is 0 Å². The highest BCUT2D eigenvalue weighted by atomic mass is 16.6. The number of amides is 1. The molecule has 0 bridgehead atoms. The molecule has 0 saturated carbocycles. The molecule has 0 saturated heterocycles. The monoisotopic (exact) mass is 327 g/mol. The molecule has 1 aromatic rings. The minimum atomic E-state index is -0.539. The van der Waals surface area contributed by atoms with Gasteiger partial charge in [-0.15, -0.1) is 0 Å². The summed E-state index contributed by atoms with van der Waals surface area (Å²) >= 11 is 0. The number of esters is 1. The van der Waals surface area contributed by atoms with Crippen molar-refractivity contribution in [2.75, 3.05) is 13.2 Å². The summed E-state index contributed by atoms with van der Waals surface area (Å²) in [6.07, 6.45) is 1.10. The maximum Gasteiger partial charge on any atom is 0.407 e. The second kappa shape index (κ2) is 9.86. The van der Waals surface area contributed by atoms with E-state index in [-0.39, 0.29) is 0 Å². The van der Waals surface area contributed by atoms with Crippen LogP contribution in [0.15, 0.2) is 6.20 Å². The smallest absolute Gasteiger partial charge is 0.407 e. The lowest BCUT2D eigenvalue weighted by molar-refractivity contribution is 0.0511. The number of hydrogen-bond donors (Lipinski definition) is 1. The summed E-state index contributed by atoms with van der Waals surface area (Å²) in [5.74, 6) is -0.412. The predicted octanol–water partition coefficient (Wildman–Crippen LogP) is 2.92. The molecule has 7 nitrogen and oxygen atoms in total. The zero-order valence-corrected chi connectivity index (χ0v) is 15.2. The Hall–Kier alpha value is -2.05. The van der Waals surface area contributed by atoms with Crippen LogP contribution in [0.1, 0.15) is 57.6 Å². The fourth-order valence-corrected chi connectivity index (χ4v) is 1.69. The molecule has 0 aromatic carbocycles. The van der Waals surface area contributed by atoms with Gasteiger partial charge in [-0.1, -0.05) is 13.8 Å². The first-order chi connectivity index (χ1) is 10.7. The molecule has 1 N–H and O–H groups in total. The van der Waals surface area contributed by atoms with Crippen molar-refractivity contribution < 1.29 is 19.1 Å². The van der Waals surface area contributed by atoms with Gasteiger partial charge in [-0.25, -0.2) is 9.59 Å². The van der Waals surface area contributed by atoms with E-state index in [1.165, 1.54) is 4.68 Å². The molecule has 0 unspecified atom stereocenters. The van der Waals surface area contributed by atoms with E-state index in [2.05, 4.69) is 10.4 Å². The largest absolute Gasteiger partial charge is 0.461 e. The third-order valence-electron chi connectivity index (χ3n) is 2.48. The molecule has 1 rings (SSSR count). The van der Waals surface area contributed by atoms with Gasteiger partial charge in [-0.05, 0) is 34.6 Å². The summed E-state index contributed by atoms with van der Waals surface area (Å²) in [7, 11) is 0. The van der Waals surface area contributed by atoms with Crippen LogP contribution in [0.2, 0.25) is 0 Å². The summed E-state index contributed by atoms with van der Waals surface area (Å²) in [4.78, 5) is 23.4. The van der Waals surface area contributed by atoms with Crippen molar-refractivity contribution in [3.63, 3.8) is 0 Å². The number of carbonyl (C=O) groups excluding carboxylic acids is 2. The van der Waals surface area contributed by atoms with Crippen molar-refractivity contribution in [2.45, 2.75) is 60.6 Å². The van der Waals surface area contributed by atoms with E-state index in [9.17, 15) is 9.59 Å². The van der Waals surface area contributed by atoms with E-state index in [0.717, 1.165) is 5.56 Å². The summed E-state index contributed by atoms with van der Waals surface area (Å²) in [5.41, 5.74) is 0.608. The Morgan fingerprint density at radius 2 is 1.91 bits per heavy atom. The van der Waals surface area contributed by atoms with Crippen molar-refractivity contribution in [1.29, 1.82) is 0 Å². The minimum absolute atomic E-state index is 0.305. The molecule has 1 amide bonds. The molecule has 23 heavy (non-hydrogen) atoms. The van der Waals surface area contributed by atoms with Crippen LogP contribution in [0.3, 0.4) is 0 Å². The zero-order chi connectivity index (χ0) is 18.0. The average Bonchev–Trinajstić information content (AvgIpc) is 2.80. The standard InChI is InChI=1S/C14H23N3O4.C2H6/c1-6-20-12(18)11-10(2)9-16-17(11)8-7-15-13(19)21-14(3,4)5;1-2/h9H,6-8H2,1-5H3,(H,15,19);1-2H3. The normalized spacial score (nSPS) is 10.4. The third kappa shape index (κ3) is 7.67. The van der Waals surface area contributed by atoms with Gasteiger partial charge in [0.2, 0.25) is 0 Å². The van der Waals surface area contributed by atoms with Crippen LogP contribution >= 0.6 is 0 Å². The van der Waals surface area contributed by atoms with E-state index in [1.54, 1.807) is 40.8 Å². The quantitative estimate of drug-likeness (QED) is 0.841. The molecule has 0 radical (unpaired) electrons. The van der Waals surface area contributed by atoms with Crippen LogP contribution < -0.4 is 5.32 Å². The SMILES string of the molecule is CC.CCOC(=O)c1c(C)cnn1CCNC(=O)OC(C)(C)C. The first kappa shape index (κ1) is 20.9. The van der Waals surface area contributed by atoms with Gasteiger partial charge in [0, 0.05) is 12.1 Å².